The van der Waals surface area contributed by atoms with Gasteiger partial charge in [-0.1, -0.05) is 49.4 Å². The van der Waals surface area contributed by atoms with Gasteiger partial charge in [0.25, 0.3) is 0 Å². The summed E-state index contributed by atoms with van der Waals surface area (Å²) < 4.78 is 13.5. The normalized spacial score (nSPS) is 12.0. The number of methoxy groups -OCH3 is 1. The Bertz CT molecular complexity index is 1020. The number of ether oxygens (including phenoxy) is 2. The summed E-state index contributed by atoms with van der Waals surface area (Å²) >= 11 is 0. The Kier molecular flexibility index (Phi) is 9.10. The fourth-order valence-corrected chi connectivity index (χ4v) is 3.90. The van der Waals surface area contributed by atoms with Crippen LogP contribution in [0.2, 0.25) is 0 Å². The summed E-state index contributed by atoms with van der Waals surface area (Å²) in [5.41, 5.74) is 2.92. The van der Waals surface area contributed by atoms with E-state index in [2.05, 4.69) is 30.5 Å². The molecule has 0 spiro atoms. The number of aryl methyl sites for hydroxylation is 1. The molecular formula is C27H35N3O3. The first-order valence-electron chi connectivity index (χ1n) is 11.5. The van der Waals surface area contributed by atoms with E-state index in [-0.39, 0.29) is 0 Å². The smallest absolute Gasteiger partial charge is 0.222 e. The molecule has 0 radical (unpaired) electrons. The molecule has 6 nitrogen and oxygen atoms in total. The Morgan fingerprint density at radius 3 is 2.61 bits per heavy atom. The standard InChI is InChI=1S/C27H35N3O3/c1-5-7-14-22(31)19-30(17-6-2)20-25-26(21-12-9-8-10-13-21)28-29(3)27(25)33-24-16-11-15-23(18-24)32-4/h5,8-13,15-16,18,22,31H,1,6-7,14,17,19-20H2,2-4H3/t22-/m0/s1. The molecule has 1 N–H and O–H groups in total. The van der Waals surface area contributed by atoms with Crippen LogP contribution in [0, 0.1) is 0 Å². The van der Waals surface area contributed by atoms with E-state index >= 15 is 0 Å². The Morgan fingerprint density at radius 2 is 1.91 bits per heavy atom. The van der Waals surface area contributed by atoms with Crippen molar-refractivity contribution in [1.29, 1.82) is 0 Å². The quantitative estimate of drug-likeness (QED) is 0.353. The van der Waals surface area contributed by atoms with E-state index in [0.29, 0.717) is 31.1 Å². The van der Waals surface area contributed by atoms with Gasteiger partial charge in [-0.25, -0.2) is 4.68 Å². The summed E-state index contributed by atoms with van der Waals surface area (Å²) in [5.74, 6) is 2.10. The van der Waals surface area contributed by atoms with E-state index in [1.807, 2.05) is 55.6 Å². The van der Waals surface area contributed by atoms with E-state index in [4.69, 9.17) is 14.6 Å². The molecule has 3 aromatic rings. The Hall–Kier alpha value is -3.09. The van der Waals surface area contributed by atoms with Crippen molar-refractivity contribution in [3.8, 4) is 28.6 Å². The number of hydrogen-bond donors (Lipinski definition) is 1. The molecule has 1 heterocycles. The van der Waals surface area contributed by atoms with Crippen molar-refractivity contribution in [2.24, 2.45) is 7.05 Å². The van der Waals surface area contributed by atoms with Gasteiger partial charge in [-0.3, -0.25) is 4.90 Å². The average Bonchev–Trinajstić information content (AvgIpc) is 3.13. The summed E-state index contributed by atoms with van der Waals surface area (Å²) in [6, 6.07) is 17.7. The lowest BCUT2D eigenvalue weighted by molar-refractivity contribution is 0.102. The molecule has 0 fully saturated rings. The van der Waals surface area contributed by atoms with Gasteiger partial charge in [0.15, 0.2) is 0 Å². The number of aliphatic hydroxyl groups is 1. The molecular weight excluding hydrogens is 414 g/mol. The summed E-state index contributed by atoms with van der Waals surface area (Å²) in [5, 5.41) is 15.4. The highest BCUT2D eigenvalue weighted by Crippen LogP contribution is 2.35. The van der Waals surface area contributed by atoms with Gasteiger partial charge in [0.2, 0.25) is 5.88 Å². The third kappa shape index (κ3) is 6.70. The molecule has 0 unspecified atom stereocenters. The highest BCUT2D eigenvalue weighted by Gasteiger charge is 2.23. The summed E-state index contributed by atoms with van der Waals surface area (Å²) in [7, 11) is 3.54. The van der Waals surface area contributed by atoms with Crippen molar-refractivity contribution in [3.63, 3.8) is 0 Å². The van der Waals surface area contributed by atoms with Crippen LogP contribution in [0.4, 0.5) is 0 Å². The van der Waals surface area contributed by atoms with Crippen LogP contribution >= 0.6 is 0 Å². The van der Waals surface area contributed by atoms with Crippen LogP contribution in [0.25, 0.3) is 11.3 Å². The maximum atomic E-state index is 10.6. The number of benzene rings is 2. The molecule has 0 aliphatic heterocycles. The van der Waals surface area contributed by atoms with E-state index in [0.717, 1.165) is 42.0 Å². The van der Waals surface area contributed by atoms with Crippen molar-refractivity contribution in [2.75, 3.05) is 20.2 Å². The number of aromatic nitrogens is 2. The van der Waals surface area contributed by atoms with Crippen molar-refractivity contribution in [2.45, 2.75) is 38.8 Å². The van der Waals surface area contributed by atoms with E-state index in [9.17, 15) is 5.11 Å². The zero-order valence-corrected chi connectivity index (χ0v) is 19.9. The van der Waals surface area contributed by atoms with Gasteiger partial charge in [0.05, 0.1) is 18.8 Å². The molecule has 176 valence electrons. The van der Waals surface area contributed by atoms with Gasteiger partial charge in [-0.05, 0) is 37.9 Å². The molecule has 0 aliphatic rings. The van der Waals surface area contributed by atoms with Crippen LogP contribution in [0.1, 0.15) is 31.7 Å². The molecule has 3 rings (SSSR count). The van der Waals surface area contributed by atoms with E-state index in [1.165, 1.54) is 0 Å². The van der Waals surface area contributed by atoms with Crippen LogP contribution in [-0.4, -0.2) is 46.1 Å². The first-order chi connectivity index (χ1) is 16.0. The van der Waals surface area contributed by atoms with Crippen molar-refractivity contribution >= 4 is 0 Å². The Labute approximate surface area is 197 Å². The van der Waals surface area contributed by atoms with Crippen LogP contribution in [0.5, 0.6) is 17.4 Å². The fourth-order valence-electron chi connectivity index (χ4n) is 3.90. The maximum Gasteiger partial charge on any atom is 0.222 e. The molecule has 1 atom stereocenters. The molecule has 0 aliphatic carbocycles. The minimum atomic E-state index is -0.408. The molecule has 33 heavy (non-hydrogen) atoms. The fraction of sp³-hybridized carbons (Fsp3) is 0.370. The third-order valence-electron chi connectivity index (χ3n) is 5.49. The summed E-state index contributed by atoms with van der Waals surface area (Å²) in [6.45, 7) is 7.99. The first kappa shape index (κ1) is 24.6. The number of nitrogens with zero attached hydrogens (tertiary/aromatic N) is 3. The van der Waals surface area contributed by atoms with Crippen LogP contribution in [-0.2, 0) is 13.6 Å². The third-order valence-corrected chi connectivity index (χ3v) is 5.49. The van der Waals surface area contributed by atoms with Crippen LogP contribution in [0.3, 0.4) is 0 Å². The lowest BCUT2D eigenvalue weighted by atomic mass is 10.1. The second-order valence-corrected chi connectivity index (χ2v) is 8.16. The molecule has 0 bridgehead atoms. The average molecular weight is 450 g/mol. The SMILES string of the molecule is C=CCC[C@H](O)CN(CCC)Cc1c(-c2ccccc2)nn(C)c1Oc1cccc(OC)c1. The molecule has 0 saturated heterocycles. The highest BCUT2D eigenvalue weighted by molar-refractivity contribution is 5.65. The van der Waals surface area contributed by atoms with Crippen molar-refractivity contribution in [3.05, 3.63) is 72.8 Å². The number of rotatable bonds is 13. The summed E-state index contributed by atoms with van der Waals surface area (Å²) in [6.07, 6.45) is 3.93. The van der Waals surface area contributed by atoms with Gasteiger partial charge in [-0.2, -0.15) is 5.10 Å². The minimum absolute atomic E-state index is 0.408. The van der Waals surface area contributed by atoms with E-state index < -0.39 is 6.10 Å². The zero-order chi connectivity index (χ0) is 23.6. The molecule has 2 aromatic carbocycles. The number of allylic oxidation sites excluding steroid dienone is 1. The lowest BCUT2D eigenvalue weighted by Crippen LogP contribution is -2.33. The Morgan fingerprint density at radius 1 is 1.15 bits per heavy atom. The predicted molar refractivity (Wildman–Crippen MR) is 133 cm³/mol. The second kappa shape index (κ2) is 12.2. The van der Waals surface area contributed by atoms with E-state index in [1.54, 1.807) is 11.8 Å². The van der Waals surface area contributed by atoms with Gasteiger partial charge in [-0.15, -0.1) is 6.58 Å². The maximum absolute atomic E-state index is 10.6. The van der Waals surface area contributed by atoms with Crippen molar-refractivity contribution < 1.29 is 14.6 Å². The lowest BCUT2D eigenvalue weighted by Gasteiger charge is -2.25. The monoisotopic (exact) mass is 449 g/mol. The Balaban J connectivity index is 1.97. The molecule has 0 amide bonds. The number of aliphatic hydroxyl groups excluding tert-OH is 1. The van der Waals surface area contributed by atoms with Crippen LogP contribution in [0.15, 0.2) is 67.3 Å². The first-order valence-corrected chi connectivity index (χ1v) is 11.5. The predicted octanol–water partition coefficient (Wildman–Crippen LogP) is 5.43. The minimum Gasteiger partial charge on any atom is -0.497 e. The molecule has 1 aromatic heterocycles. The topological polar surface area (TPSA) is 59.8 Å². The zero-order valence-electron chi connectivity index (χ0n) is 19.9. The largest absolute Gasteiger partial charge is 0.497 e. The highest BCUT2D eigenvalue weighted by atomic mass is 16.5. The van der Waals surface area contributed by atoms with Crippen molar-refractivity contribution in [1.82, 2.24) is 14.7 Å². The van der Waals surface area contributed by atoms with Gasteiger partial charge in [0, 0.05) is 31.8 Å². The molecule has 0 saturated carbocycles. The second-order valence-electron chi connectivity index (χ2n) is 8.16. The van der Waals surface area contributed by atoms with Gasteiger partial charge >= 0.3 is 0 Å². The van der Waals surface area contributed by atoms with Gasteiger partial charge in [0.1, 0.15) is 17.2 Å². The molecule has 6 heteroatoms. The summed E-state index contributed by atoms with van der Waals surface area (Å²) in [4.78, 5) is 2.27. The van der Waals surface area contributed by atoms with Crippen LogP contribution < -0.4 is 9.47 Å². The number of hydrogen-bond acceptors (Lipinski definition) is 5. The van der Waals surface area contributed by atoms with Gasteiger partial charge < -0.3 is 14.6 Å².